The van der Waals surface area contributed by atoms with Crippen LogP contribution in [0, 0.1) is 0 Å². The van der Waals surface area contributed by atoms with E-state index >= 15 is 0 Å². The number of rotatable bonds is 7. The molecule has 0 fully saturated rings. The van der Waals surface area contributed by atoms with Crippen molar-refractivity contribution in [2.75, 3.05) is 30.8 Å². The van der Waals surface area contributed by atoms with E-state index in [2.05, 4.69) is 21.3 Å². The molecule has 3 amide bonds. The highest BCUT2D eigenvalue weighted by atomic mass is 16.2. The van der Waals surface area contributed by atoms with Crippen molar-refractivity contribution in [2.24, 2.45) is 0 Å². The number of hydrogen-bond acceptors (Lipinski definition) is 4. The van der Waals surface area contributed by atoms with Crippen molar-refractivity contribution in [3.8, 4) is 0 Å². The largest absolute Gasteiger partial charge is 0.358 e. The van der Waals surface area contributed by atoms with Crippen molar-refractivity contribution in [3.63, 3.8) is 0 Å². The van der Waals surface area contributed by atoms with Gasteiger partial charge in [-0.25, -0.2) is 0 Å². The van der Waals surface area contributed by atoms with Gasteiger partial charge in [-0.15, -0.1) is 0 Å². The summed E-state index contributed by atoms with van der Waals surface area (Å²) in [5.41, 5.74) is 1.43. The van der Waals surface area contributed by atoms with Gasteiger partial charge in [0.1, 0.15) is 0 Å². The molecule has 0 heterocycles. The SMILES string of the molecule is CNC(=O)CNCC(=O)Nc1ccccc1C(=O)Nc1ccccc1. The van der Waals surface area contributed by atoms with E-state index in [-0.39, 0.29) is 30.8 Å². The second kappa shape index (κ2) is 9.19. The average molecular weight is 340 g/mol. The van der Waals surface area contributed by atoms with Gasteiger partial charge >= 0.3 is 0 Å². The summed E-state index contributed by atoms with van der Waals surface area (Å²) in [5, 5.41) is 10.6. The van der Waals surface area contributed by atoms with Gasteiger partial charge in [-0.05, 0) is 24.3 Å². The van der Waals surface area contributed by atoms with Crippen LogP contribution in [0.15, 0.2) is 54.6 Å². The second-order valence-corrected chi connectivity index (χ2v) is 5.19. The Balaban J connectivity index is 1.98. The van der Waals surface area contributed by atoms with Gasteiger partial charge in [0, 0.05) is 12.7 Å². The second-order valence-electron chi connectivity index (χ2n) is 5.19. The van der Waals surface area contributed by atoms with E-state index < -0.39 is 0 Å². The fourth-order valence-corrected chi connectivity index (χ4v) is 2.08. The molecule has 2 aromatic carbocycles. The minimum absolute atomic E-state index is 0.0396. The number of para-hydroxylation sites is 2. The first-order chi connectivity index (χ1) is 12.1. The first-order valence-electron chi connectivity index (χ1n) is 7.76. The van der Waals surface area contributed by atoms with Gasteiger partial charge < -0.3 is 16.0 Å². The Hall–Kier alpha value is -3.19. The molecule has 0 spiro atoms. The van der Waals surface area contributed by atoms with Crippen LogP contribution in [0.1, 0.15) is 10.4 Å². The molecule has 0 aromatic heterocycles. The molecule has 2 aromatic rings. The summed E-state index contributed by atoms with van der Waals surface area (Å²) in [7, 11) is 1.52. The Bertz CT molecular complexity index is 747. The smallest absolute Gasteiger partial charge is 0.257 e. The molecule has 0 radical (unpaired) electrons. The molecule has 2 rings (SSSR count). The van der Waals surface area contributed by atoms with Crippen molar-refractivity contribution >= 4 is 29.1 Å². The molecule has 25 heavy (non-hydrogen) atoms. The number of carbonyl (C=O) groups is 3. The molecule has 0 aliphatic rings. The molecule has 0 unspecified atom stereocenters. The van der Waals surface area contributed by atoms with E-state index in [1.165, 1.54) is 7.05 Å². The molecule has 0 saturated heterocycles. The highest BCUT2D eigenvalue weighted by Gasteiger charge is 2.13. The van der Waals surface area contributed by atoms with Crippen molar-refractivity contribution in [3.05, 3.63) is 60.2 Å². The molecule has 0 atom stereocenters. The zero-order valence-corrected chi connectivity index (χ0v) is 13.8. The minimum atomic E-state index is -0.344. The van der Waals surface area contributed by atoms with Gasteiger partial charge in [0.2, 0.25) is 11.8 Å². The van der Waals surface area contributed by atoms with Gasteiger partial charge in [-0.3, -0.25) is 19.7 Å². The average Bonchev–Trinajstić information content (AvgIpc) is 2.62. The lowest BCUT2D eigenvalue weighted by atomic mass is 10.1. The van der Waals surface area contributed by atoms with Crippen LogP contribution in [-0.2, 0) is 9.59 Å². The summed E-state index contributed by atoms with van der Waals surface area (Å²) in [6, 6.07) is 15.8. The van der Waals surface area contributed by atoms with E-state index in [0.29, 0.717) is 16.9 Å². The number of anilines is 2. The third-order valence-corrected chi connectivity index (χ3v) is 3.33. The van der Waals surface area contributed by atoms with Crippen molar-refractivity contribution in [2.45, 2.75) is 0 Å². The summed E-state index contributed by atoms with van der Waals surface area (Å²) in [6.45, 7) is 0.00210. The molecule has 0 aliphatic carbocycles. The fraction of sp³-hybridized carbons (Fsp3) is 0.167. The maximum absolute atomic E-state index is 12.4. The zero-order chi connectivity index (χ0) is 18.1. The van der Waals surface area contributed by atoms with Crippen LogP contribution in [0.3, 0.4) is 0 Å². The number of hydrogen-bond donors (Lipinski definition) is 4. The first kappa shape index (κ1) is 18.2. The van der Waals surface area contributed by atoms with E-state index in [4.69, 9.17) is 0 Å². The Morgan fingerprint density at radius 3 is 2.16 bits per heavy atom. The standard InChI is InChI=1S/C18H20N4O3/c1-19-16(23)11-20-12-17(24)22-15-10-6-5-9-14(15)18(25)21-13-7-3-2-4-8-13/h2-10,20H,11-12H2,1H3,(H,19,23)(H,21,25)(H,22,24). The van der Waals surface area contributed by atoms with Crippen LogP contribution in [0.4, 0.5) is 11.4 Å². The first-order valence-corrected chi connectivity index (χ1v) is 7.76. The molecular formula is C18H20N4O3. The van der Waals surface area contributed by atoms with Crippen LogP contribution in [-0.4, -0.2) is 37.9 Å². The lowest BCUT2D eigenvalue weighted by molar-refractivity contribution is -0.120. The van der Waals surface area contributed by atoms with E-state index in [9.17, 15) is 14.4 Å². The third kappa shape index (κ3) is 5.74. The number of carbonyl (C=O) groups excluding carboxylic acids is 3. The summed E-state index contributed by atoms with van der Waals surface area (Å²) in [6.07, 6.45) is 0. The van der Waals surface area contributed by atoms with Crippen LogP contribution in [0.2, 0.25) is 0 Å². The van der Waals surface area contributed by atoms with Gasteiger partial charge in [-0.1, -0.05) is 30.3 Å². The third-order valence-electron chi connectivity index (χ3n) is 3.33. The predicted octanol–water partition coefficient (Wildman–Crippen LogP) is 1.21. The molecule has 130 valence electrons. The van der Waals surface area contributed by atoms with Gasteiger partial charge in [0.05, 0.1) is 24.3 Å². The van der Waals surface area contributed by atoms with Crippen LogP contribution >= 0.6 is 0 Å². The van der Waals surface area contributed by atoms with Crippen LogP contribution < -0.4 is 21.3 Å². The highest BCUT2D eigenvalue weighted by molar-refractivity contribution is 6.10. The van der Waals surface area contributed by atoms with Crippen molar-refractivity contribution in [1.29, 1.82) is 0 Å². The van der Waals surface area contributed by atoms with Crippen molar-refractivity contribution in [1.82, 2.24) is 10.6 Å². The van der Waals surface area contributed by atoms with Gasteiger partial charge in [-0.2, -0.15) is 0 Å². The molecule has 0 bridgehead atoms. The van der Waals surface area contributed by atoms with Crippen LogP contribution in [0.25, 0.3) is 0 Å². The monoisotopic (exact) mass is 340 g/mol. The lowest BCUT2D eigenvalue weighted by Crippen LogP contribution is -2.36. The Kier molecular flexibility index (Phi) is 6.67. The van der Waals surface area contributed by atoms with E-state index in [0.717, 1.165) is 0 Å². The molecule has 7 heteroatoms. The van der Waals surface area contributed by atoms with E-state index in [1.807, 2.05) is 18.2 Å². The fourth-order valence-electron chi connectivity index (χ4n) is 2.08. The topological polar surface area (TPSA) is 99.3 Å². The quantitative estimate of drug-likeness (QED) is 0.609. The molecule has 4 N–H and O–H groups in total. The molecular weight excluding hydrogens is 320 g/mol. The normalized spacial score (nSPS) is 9.96. The van der Waals surface area contributed by atoms with Gasteiger partial charge in [0.25, 0.3) is 5.91 Å². The maximum Gasteiger partial charge on any atom is 0.257 e. The Morgan fingerprint density at radius 1 is 0.800 bits per heavy atom. The molecule has 0 aliphatic heterocycles. The highest BCUT2D eigenvalue weighted by Crippen LogP contribution is 2.17. The van der Waals surface area contributed by atoms with Crippen LogP contribution in [0.5, 0.6) is 0 Å². The predicted molar refractivity (Wildman–Crippen MR) is 96.4 cm³/mol. The minimum Gasteiger partial charge on any atom is -0.358 e. The van der Waals surface area contributed by atoms with Crippen molar-refractivity contribution < 1.29 is 14.4 Å². The summed E-state index contributed by atoms with van der Waals surface area (Å²) in [4.78, 5) is 35.5. The summed E-state index contributed by atoms with van der Waals surface area (Å²) >= 11 is 0. The summed E-state index contributed by atoms with van der Waals surface area (Å²) < 4.78 is 0. The van der Waals surface area contributed by atoms with E-state index in [1.54, 1.807) is 36.4 Å². The summed E-state index contributed by atoms with van der Waals surface area (Å²) in [5.74, 6) is -0.875. The molecule has 0 saturated carbocycles. The lowest BCUT2D eigenvalue weighted by Gasteiger charge is -2.12. The maximum atomic E-state index is 12.4. The number of nitrogens with one attached hydrogen (secondary N) is 4. The molecule has 7 nitrogen and oxygen atoms in total. The Morgan fingerprint density at radius 2 is 1.44 bits per heavy atom. The number of likely N-dealkylation sites (N-methyl/N-ethyl adjacent to an activating group) is 1. The van der Waals surface area contributed by atoms with Gasteiger partial charge in [0.15, 0.2) is 0 Å². The Labute approximate surface area is 145 Å². The zero-order valence-electron chi connectivity index (χ0n) is 13.8. The number of amides is 3. The number of benzene rings is 2.